The Hall–Kier alpha value is 0.0400. The third-order valence-electron chi connectivity index (χ3n) is 2.31. The van der Waals surface area contributed by atoms with Crippen molar-refractivity contribution in [3.8, 4) is 0 Å². The molecule has 74 valence electrons. The van der Waals surface area contributed by atoms with Gasteiger partial charge in [0.25, 0.3) is 0 Å². The van der Waals surface area contributed by atoms with Crippen LogP contribution in [-0.2, 0) is 4.79 Å². The monoisotopic (exact) mass is 263 g/mol. The van der Waals surface area contributed by atoms with Crippen LogP contribution in [0, 0.1) is 5.41 Å². The molecule has 1 saturated carbocycles. The molecule has 0 radical (unpaired) electrons. The molecule has 4 heteroatoms. The molecule has 0 heterocycles. The zero-order chi connectivity index (χ0) is 9.90. The second kappa shape index (κ2) is 4.51. The highest BCUT2D eigenvalue weighted by molar-refractivity contribution is 9.11. The molecule has 0 aromatic rings. The van der Waals surface area contributed by atoms with Crippen LogP contribution in [-0.4, -0.2) is 18.2 Å². The lowest BCUT2D eigenvalue weighted by Gasteiger charge is -2.11. The number of hydrogen-bond acceptors (Lipinski definition) is 2. The Labute approximate surface area is 92.7 Å². The second-order valence-corrected chi connectivity index (χ2v) is 5.07. The van der Waals surface area contributed by atoms with Crippen LogP contribution in [0.3, 0.4) is 0 Å². The zero-order valence-electron chi connectivity index (χ0n) is 7.48. The fourth-order valence-corrected chi connectivity index (χ4v) is 1.73. The highest BCUT2D eigenvalue weighted by Gasteiger charge is 2.42. The van der Waals surface area contributed by atoms with Gasteiger partial charge in [-0.1, -0.05) is 22.5 Å². The van der Waals surface area contributed by atoms with Gasteiger partial charge in [-0.3, -0.25) is 4.79 Å². The Morgan fingerprint density at radius 2 is 2.23 bits per heavy atom. The summed E-state index contributed by atoms with van der Waals surface area (Å²) < 4.78 is 0.802. The Morgan fingerprint density at radius 1 is 1.62 bits per heavy atom. The van der Waals surface area contributed by atoms with Crippen LogP contribution in [0.25, 0.3) is 0 Å². The molecule has 0 unspecified atom stereocenters. The predicted octanol–water partition coefficient (Wildman–Crippen LogP) is 2.11. The molecule has 0 atom stereocenters. The average molecular weight is 264 g/mol. The molecule has 0 aliphatic heterocycles. The number of carbonyl (C=O) groups excluding carboxylic acids is 1. The summed E-state index contributed by atoms with van der Waals surface area (Å²) in [6.45, 7) is 4.16. The van der Waals surface area contributed by atoms with E-state index in [0.717, 1.165) is 23.1 Å². The normalized spacial score (nSPS) is 18.0. The van der Waals surface area contributed by atoms with Crippen molar-refractivity contribution in [2.24, 2.45) is 5.41 Å². The van der Waals surface area contributed by atoms with E-state index in [1.807, 2.05) is 0 Å². The van der Waals surface area contributed by atoms with Crippen molar-refractivity contribution in [1.29, 1.82) is 0 Å². The molecule has 0 spiro atoms. The molecule has 2 nitrogen and oxygen atoms in total. The molecule has 1 aliphatic rings. The third kappa shape index (κ3) is 3.73. The van der Waals surface area contributed by atoms with Gasteiger partial charge in [0, 0.05) is 17.4 Å². The second-order valence-electron chi connectivity index (χ2n) is 3.63. The molecule has 1 amide bonds. The minimum atomic E-state index is 0.104. The smallest absolute Gasteiger partial charge is 0.220 e. The highest BCUT2D eigenvalue weighted by atomic mass is 79.9. The van der Waals surface area contributed by atoms with E-state index in [4.69, 9.17) is 0 Å². The summed E-state index contributed by atoms with van der Waals surface area (Å²) >= 11 is 7.43. The van der Waals surface area contributed by atoms with E-state index in [-0.39, 0.29) is 11.3 Å². The van der Waals surface area contributed by atoms with E-state index in [1.165, 1.54) is 0 Å². The van der Waals surface area contributed by atoms with E-state index >= 15 is 0 Å². The number of thiol groups is 1. The maximum atomic E-state index is 11.4. The fraction of sp³-hybridized carbons (Fsp3) is 0.667. The zero-order valence-corrected chi connectivity index (χ0v) is 9.96. The maximum Gasteiger partial charge on any atom is 0.220 e. The van der Waals surface area contributed by atoms with Crippen LogP contribution in [0.2, 0.25) is 0 Å². The molecule has 0 aromatic heterocycles. The number of amides is 1. The van der Waals surface area contributed by atoms with Gasteiger partial charge in [0.05, 0.1) is 0 Å². The summed E-state index contributed by atoms with van der Waals surface area (Å²) in [6, 6.07) is 0. The van der Waals surface area contributed by atoms with E-state index in [2.05, 4.69) is 40.5 Å². The topological polar surface area (TPSA) is 29.1 Å². The van der Waals surface area contributed by atoms with Crippen LogP contribution < -0.4 is 5.32 Å². The van der Waals surface area contributed by atoms with Gasteiger partial charge in [-0.15, -0.1) is 0 Å². The first kappa shape index (κ1) is 11.1. The van der Waals surface area contributed by atoms with Crippen molar-refractivity contribution in [3.63, 3.8) is 0 Å². The van der Waals surface area contributed by atoms with Gasteiger partial charge < -0.3 is 5.32 Å². The van der Waals surface area contributed by atoms with Crippen LogP contribution >= 0.6 is 28.6 Å². The van der Waals surface area contributed by atoms with Gasteiger partial charge in [0.15, 0.2) is 0 Å². The standard InChI is InChI=1S/C9H14BrNOS/c1-7(10)5-11-8(12)4-9(6-13)2-3-9/h13H,1-6H2,(H,11,12). The van der Waals surface area contributed by atoms with Gasteiger partial charge >= 0.3 is 0 Å². The van der Waals surface area contributed by atoms with E-state index in [1.54, 1.807) is 0 Å². The lowest BCUT2D eigenvalue weighted by Crippen LogP contribution is -2.27. The van der Waals surface area contributed by atoms with Crippen LogP contribution in [0.4, 0.5) is 0 Å². The minimum Gasteiger partial charge on any atom is -0.352 e. The maximum absolute atomic E-state index is 11.4. The largest absolute Gasteiger partial charge is 0.352 e. The number of hydrogen-bond donors (Lipinski definition) is 2. The predicted molar refractivity (Wildman–Crippen MR) is 61.2 cm³/mol. The molecule has 0 aromatic carbocycles. The molecule has 1 aliphatic carbocycles. The number of carbonyl (C=O) groups is 1. The molecule has 1 rings (SSSR count). The SMILES string of the molecule is C=C(Br)CNC(=O)CC1(CS)CC1. The third-order valence-corrected chi connectivity index (χ3v) is 3.26. The Kier molecular flexibility index (Phi) is 3.86. The van der Waals surface area contributed by atoms with Gasteiger partial charge in [-0.05, 0) is 24.0 Å². The van der Waals surface area contributed by atoms with Crippen molar-refractivity contribution in [3.05, 3.63) is 11.1 Å². The van der Waals surface area contributed by atoms with Gasteiger partial charge in [0.2, 0.25) is 5.91 Å². The van der Waals surface area contributed by atoms with Crippen molar-refractivity contribution in [1.82, 2.24) is 5.32 Å². The highest BCUT2D eigenvalue weighted by Crippen LogP contribution is 2.49. The lowest BCUT2D eigenvalue weighted by molar-refractivity contribution is -0.121. The van der Waals surface area contributed by atoms with Gasteiger partial charge in [-0.2, -0.15) is 12.6 Å². The molecule has 1 fully saturated rings. The van der Waals surface area contributed by atoms with E-state index in [9.17, 15) is 4.79 Å². The van der Waals surface area contributed by atoms with Gasteiger partial charge in [0.1, 0.15) is 0 Å². The molecular formula is C9H14BrNOS. The average Bonchev–Trinajstić information content (AvgIpc) is 2.82. The van der Waals surface area contributed by atoms with Crippen molar-refractivity contribution < 1.29 is 4.79 Å². The van der Waals surface area contributed by atoms with E-state index in [0.29, 0.717) is 13.0 Å². The Balaban J connectivity index is 2.21. The Morgan fingerprint density at radius 3 is 2.62 bits per heavy atom. The van der Waals surface area contributed by atoms with Gasteiger partial charge in [-0.25, -0.2) is 0 Å². The van der Waals surface area contributed by atoms with Crippen LogP contribution in [0.5, 0.6) is 0 Å². The molecule has 13 heavy (non-hydrogen) atoms. The summed E-state index contributed by atoms with van der Waals surface area (Å²) in [5, 5.41) is 2.79. The lowest BCUT2D eigenvalue weighted by atomic mass is 10.1. The summed E-state index contributed by atoms with van der Waals surface area (Å²) in [6.07, 6.45) is 2.88. The summed E-state index contributed by atoms with van der Waals surface area (Å²) in [5.74, 6) is 0.919. The van der Waals surface area contributed by atoms with Crippen molar-refractivity contribution in [2.75, 3.05) is 12.3 Å². The molecule has 0 bridgehead atoms. The number of nitrogens with one attached hydrogen (secondary N) is 1. The van der Waals surface area contributed by atoms with Crippen molar-refractivity contribution in [2.45, 2.75) is 19.3 Å². The first-order chi connectivity index (χ1) is 6.08. The first-order valence-electron chi connectivity index (χ1n) is 4.29. The minimum absolute atomic E-state index is 0.104. The molecule has 0 saturated heterocycles. The molecular weight excluding hydrogens is 250 g/mol. The summed E-state index contributed by atoms with van der Waals surface area (Å²) in [7, 11) is 0. The van der Waals surface area contributed by atoms with E-state index < -0.39 is 0 Å². The quantitative estimate of drug-likeness (QED) is 0.732. The number of halogens is 1. The first-order valence-corrected chi connectivity index (χ1v) is 5.71. The van der Waals surface area contributed by atoms with Crippen LogP contribution in [0.1, 0.15) is 19.3 Å². The van der Waals surface area contributed by atoms with Crippen LogP contribution in [0.15, 0.2) is 11.1 Å². The fourth-order valence-electron chi connectivity index (χ4n) is 1.17. The van der Waals surface area contributed by atoms with Crippen molar-refractivity contribution >= 4 is 34.5 Å². The Bertz CT molecular complexity index is 226. The molecule has 1 N–H and O–H groups in total. The summed E-state index contributed by atoms with van der Waals surface area (Å²) in [5.41, 5.74) is 0.209. The summed E-state index contributed by atoms with van der Waals surface area (Å²) in [4.78, 5) is 11.4. The number of rotatable bonds is 5.